The molecule has 0 atom stereocenters. The van der Waals surface area contributed by atoms with Gasteiger partial charge in [0.15, 0.2) is 0 Å². The Labute approximate surface area is 241 Å². The lowest BCUT2D eigenvalue weighted by molar-refractivity contribution is 0.669. The van der Waals surface area contributed by atoms with E-state index in [1.807, 2.05) is 91.0 Å². The highest BCUT2D eigenvalue weighted by atomic mass is 16.3. The number of rotatable bonds is 3. The average Bonchev–Trinajstić information content (AvgIpc) is 3.59. The van der Waals surface area contributed by atoms with Crippen molar-refractivity contribution in [3.63, 3.8) is 0 Å². The van der Waals surface area contributed by atoms with E-state index in [4.69, 9.17) is 4.42 Å². The molecule has 8 aromatic rings. The van der Waals surface area contributed by atoms with Crippen molar-refractivity contribution in [1.29, 1.82) is 10.5 Å². The van der Waals surface area contributed by atoms with E-state index in [-0.39, 0.29) is 0 Å². The summed E-state index contributed by atoms with van der Waals surface area (Å²) in [5.74, 6) is 0. The monoisotopic (exact) mass is 535 g/mol. The van der Waals surface area contributed by atoms with Crippen LogP contribution in [0.2, 0.25) is 0 Å². The van der Waals surface area contributed by atoms with Crippen molar-refractivity contribution in [3.8, 4) is 40.1 Å². The van der Waals surface area contributed by atoms with Crippen molar-refractivity contribution in [2.75, 3.05) is 0 Å². The summed E-state index contributed by atoms with van der Waals surface area (Å²) < 4.78 is 8.29. The maximum Gasteiger partial charge on any atom is 0.136 e. The molecule has 0 unspecified atom stereocenters. The highest BCUT2D eigenvalue weighted by Crippen LogP contribution is 2.39. The first-order valence-electron chi connectivity index (χ1n) is 13.7. The summed E-state index contributed by atoms with van der Waals surface area (Å²) in [7, 11) is 0. The molecule has 194 valence electrons. The van der Waals surface area contributed by atoms with Crippen LogP contribution in [-0.2, 0) is 0 Å². The number of fused-ring (bicyclic) bond motifs is 6. The van der Waals surface area contributed by atoms with Crippen LogP contribution in [-0.4, -0.2) is 4.57 Å². The molecule has 0 radical (unpaired) electrons. The van der Waals surface area contributed by atoms with E-state index in [2.05, 4.69) is 53.1 Å². The fourth-order valence-electron chi connectivity index (χ4n) is 6.22. The minimum atomic E-state index is 0.554. The molecular formula is C38H21N3O. The van der Waals surface area contributed by atoms with Gasteiger partial charge >= 0.3 is 0 Å². The van der Waals surface area contributed by atoms with Gasteiger partial charge in [-0.1, -0.05) is 84.9 Å². The first-order chi connectivity index (χ1) is 20.7. The summed E-state index contributed by atoms with van der Waals surface area (Å²) in [6.07, 6.45) is 0. The van der Waals surface area contributed by atoms with Gasteiger partial charge in [-0.15, -0.1) is 0 Å². The Morgan fingerprint density at radius 3 is 1.83 bits per heavy atom. The molecule has 8 rings (SSSR count). The summed E-state index contributed by atoms with van der Waals surface area (Å²) in [6.45, 7) is 0. The van der Waals surface area contributed by atoms with Crippen molar-refractivity contribution < 1.29 is 4.42 Å². The largest absolute Gasteiger partial charge is 0.456 e. The van der Waals surface area contributed by atoms with E-state index in [1.165, 1.54) is 0 Å². The third-order valence-corrected chi connectivity index (χ3v) is 8.10. The summed E-state index contributed by atoms with van der Waals surface area (Å²) in [5.41, 5.74) is 9.11. The molecule has 0 bridgehead atoms. The van der Waals surface area contributed by atoms with Gasteiger partial charge in [0.1, 0.15) is 17.2 Å². The Morgan fingerprint density at radius 1 is 0.476 bits per heavy atom. The van der Waals surface area contributed by atoms with Crippen LogP contribution in [0.25, 0.3) is 71.7 Å². The molecule has 0 saturated carbocycles. The second-order valence-corrected chi connectivity index (χ2v) is 10.4. The molecule has 2 aromatic heterocycles. The molecule has 0 aliphatic heterocycles. The van der Waals surface area contributed by atoms with Crippen LogP contribution in [0.1, 0.15) is 11.1 Å². The number of furan rings is 1. The summed E-state index contributed by atoms with van der Waals surface area (Å²) in [4.78, 5) is 0. The smallest absolute Gasteiger partial charge is 0.136 e. The van der Waals surface area contributed by atoms with Crippen LogP contribution in [0.4, 0.5) is 0 Å². The van der Waals surface area contributed by atoms with Crippen molar-refractivity contribution in [3.05, 3.63) is 139 Å². The first kappa shape index (κ1) is 23.8. The normalized spacial score (nSPS) is 11.3. The SMILES string of the molecule is N#Cc1cc(-c2cccc(C#N)c2-n2c3ccccc3c3ccccc32)ccc1-c1ccc2c(c1)oc1ccccc12. The molecule has 4 heteroatoms. The van der Waals surface area contributed by atoms with Gasteiger partial charge in [-0.2, -0.15) is 10.5 Å². The molecule has 0 spiro atoms. The summed E-state index contributed by atoms with van der Waals surface area (Å²) in [5, 5.41) is 24.9. The number of hydrogen-bond donors (Lipinski definition) is 0. The zero-order valence-corrected chi connectivity index (χ0v) is 22.4. The Hall–Kier alpha value is -6.10. The molecule has 0 fully saturated rings. The predicted octanol–water partition coefficient (Wildman–Crippen LogP) is 9.76. The lowest BCUT2D eigenvalue weighted by Crippen LogP contribution is -2.01. The Morgan fingerprint density at radius 2 is 1.10 bits per heavy atom. The zero-order chi connectivity index (χ0) is 28.2. The van der Waals surface area contributed by atoms with E-state index in [0.29, 0.717) is 11.1 Å². The van der Waals surface area contributed by atoms with Crippen LogP contribution in [0.15, 0.2) is 132 Å². The van der Waals surface area contributed by atoms with Crippen LogP contribution in [0.3, 0.4) is 0 Å². The number of nitriles is 2. The third kappa shape index (κ3) is 3.47. The maximum atomic E-state index is 10.3. The summed E-state index contributed by atoms with van der Waals surface area (Å²) >= 11 is 0. The van der Waals surface area contributed by atoms with Gasteiger partial charge in [-0.3, -0.25) is 0 Å². The van der Waals surface area contributed by atoms with E-state index in [9.17, 15) is 10.5 Å². The van der Waals surface area contributed by atoms with Crippen molar-refractivity contribution in [1.82, 2.24) is 4.57 Å². The minimum Gasteiger partial charge on any atom is -0.456 e. The van der Waals surface area contributed by atoms with Crippen molar-refractivity contribution in [2.24, 2.45) is 0 Å². The lowest BCUT2D eigenvalue weighted by atomic mass is 9.93. The van der Waals surface area contributed by atoms with Crippen LogP contribution < -0.4 is 0 Å². The van der Waals surface area contributed by atoms with Crippen molar-refractivity contribution in [2.45, 2.75) is 0 Å². The zero-order valence-electron chi connectivity index (χ0n) is 22.4. The number of nitrogens with zero attached hydrogens (tertiary/aromatic N) is 3. The molecule has 4 nitrogen and oxygen atoms in total. The van der Waals surface area contributed by atoms with Crippen molar-refractivity contribution >= 4 is 43.7 Å². The van der Waals surface area contributed by atoms with Crippen LogP contribution in [0.5, 0.6) is 0 Å². The quantitative estimate of drug-likeness (QED) is 0.226. The molecule has 42 heavy (non-hydrogen) atoms. The van der Waals surface area contributed by atoms with Gasteiger partial charge in [0, 0.05) is 27.1 Å². The minimum absolute atomic E-state index is 0.554. The second kappa shape index (κ2) is 9.24. The summed E-state index contributed by atoms with van der Waals surface area (Å²) in [6, 6.07) is 47.2. The molecule has 0 aliphatic rings. The van der Waals surface area contributed by atoms with Gasteiger partial charge in [0.2, 0.25) is 0 Å². The Kier molecular flexibility index (Phi) is 5.22. The molecule has 0 N–H and O–H groups in total. The highest BCUT2D eigenvalue weighted by molar-refractivity contribution is 6.10. The van der Waals surface area contributed by atoms with E-state index in [1.54, 1.807) is 0 Å². The van der Waals surface area contributed by atoms with Gasteiger partial charge < -0.3 is 8.98 Å². The Bertz CT molecular complexity index is 2390. The first-order valence-corrected chi connectivity index (χ1v) is 13.7. The Balaban J connectivity index is 1.33. The average molecular weight is 536 g/mol. The van der Waals surface area contributed by atoms with E-state index < -0.39 is 0 Å². The highest BCUT2D eigenvalue weighted by Gasteiger charge is 2.19. The fraction of sp³-hybridized carbons (Fsp3) is 0. The lowest BCUT2D eigenvalue weighted by Gasteiger charge is -2.16. The van der Waals surface area contributed by atoms with E-state index >= 15 is 0 Å². The molecular weight excluding hydrogens is 514 g/mol. The van der Waals surface area contributed by atoms with Gasteiger partial charge in [-0.25, -0.2) is 0 Å². The second-order valence-electron chi connectivity index (χ2n) is 10.4. The van der Waals surface area contributed by atoms with Gasteiger partial charge in [0.25, 0.3) is 0 Å². The molecule has 6 aromatic carbocycles. The topological polar surface area (TPSA) is 65.7 Å². The van der Waals surface area contributed by atoms with Gasteiger partial charge in [-0.05, 0) is 59.2 Å². The molecule has 0 aliphatic carbocycles. The third-order valence-electron chi connectivity index (χ3n) is 8.10. The standard InChI is InChI=1S/C38H21N3O/c39-22-26-8-7-12-29(38(26)41-34-13-4-1-9-30(34)31-10-2-5-14-35(31)41)24-16-18-28(27(20-24)23-40)25-17-19-33-32-11-3-6-15-36(32)42-37(33)21-25/h1-21H. The fourth-order valence-corrected chi connectivity index (χ4v) is 6.22. The number of hydrogen-bond acceptors (Lipinski definition) is 3. The molecule has 0 amide bonds. The van der Waals surface area contributed by atoms with Crippen LogP contribution >= 0.6 is 0 Å². The molecule has 2 heterocycles. The number of benzene rings is 6. The van der Waals surface area contributed by atoms with Crippen LogP contribution in [0, 0.1) is 22.7 Å². The van der Waals surface area contributed by atoms with E-state index in [0.717, 1.165) is 71.7 Å². The molecule has 0 saturated heterocycles. The predicted molar refractivity (Wildman–Crippen MR) is 168 cm³/mol. The number of para-hydroxylation sites is 4. The number of aromatic nitrogens is 1. The maximum absolute atomic E-state index is 10.3. The van der Waals surface area contributed by atoms with Gasteiger partial charge in [0.05, 0.1) is 33.9 Å².